The number of halogens is 2. The number of anilines is 1. The summed E-state index contributed by atoms with van der Waals surface area (Å²) in [5.74, 6) is -2.69. The molecule has 0 saturated carbocycles. The first kappa shape index (κ1) is 16.7. The van der Waals surface area contributed by atoms with Gasteiger partial charge in [-0.15, -0.1) is 0 Å². The van der Waals surface area contributed by atoms with Crippen molar-refractivity contribution in [2.75, 3.05) is 5.32 Å². The molecule has 0 unspecified atom stereocenters. The fourth-order valence-electron chi connectivity index (χ4n) is 2.35. The molecule has 2 heterocycles. The van der Waals surface area contributed by atoms with Gasteiger partial charge in [-0.1, -0.05) is 0 Å². The predicted octanol–water partition coefficient (Wildman–Crippen LogP) is 2.52. The van der Waals surface area contributed by atoms with E-state index in [0.717, 1.165) is 12.1 Å². The normalized spacial score (nSPS) is 10.9. The van der Waals surface area contributed by atoms with Crippen LogP contribution in [-0.4, -0.2) is 16.0 Å². The molecule has 2 aromatic heterocycles. The molecule has 0 atom stereocenters. The smallest absolute Gasteiger partial charge is 0.349 e. The average Bonchev–Trinajstić information content (AvgIpc) is 2.57. The van der Waals surface area contributed by atoms with E-state index in [1.807, 2.05) is 0 Å². The zero-order valence-corrected chi connectivity index (χ0v) is 13.0. The molecule has 0 spiro atoms. The molecule has 0 aliphatic heterocycles. The summed E-state index contributed by atoms with van der Waals surface area (Å²) in [5.41, 5.74) is -0.656. The van der Waals surface area contributed by atoms with Crippen molar-refractivity contribution in [2.45, 2.75) is 13.5 Å². The van der Waals surface area contributed by atoms with Crippen LogP contribution in [-0.2, 0) is 6.61 Å². The minimum Gasteiger partial charge on any atom is -0.420 e. The van der Waals surface area contributed by atoms with E-state index < -0.39 is 23.2 Å². The van der Waals surface area contributed by atoms with Crippen LogP contribution < -0.4 is 10.9 Å². The van der Waals surface area contributed by atoms with Gasteiger partial charge in [-0.2, -0.15) is 0 Å². The molecular formula is C17H12F2N2O4. The van der Waals surface area contributed by atoms with E-state index in [4.69, 9.17) is 4.42 Å². The number of aliphatic hydroxyl groups is 1. The maximum absolute atomic E-state index is 13.7. The molecule has 128 valence electrons. The van der Waals surface area contributed by atoms with E-state index in [9.17, 15) is 23.5 Å². The molecule has 25 heavy (non-hydrogen) atoms. The van der Waals surface area contributed by atoms with Gasteiger partial charge in [0, 0.05) is 23.2 Å². The summed E-state index contributed by atoms with van der Waals surface area (Å²) >= 11 is 0. The third-order valence-electron chi connectivity index (χ3n) is 3.63. The molecule has 3 aromatic rings. The van der Waals surface area contributed by atoms with Gasteiger partial charge in [0.25, 0.3) is 5.91 Å². The van der Waals surface area contributed by atoms with Gasteiger partial charge in [0.15, 0.2) is 5.58 Å². The number of pyridine rings is 1. The second kappa shape index (κ2) is 6.40. The number of fused-ring (bicyclic) bond motifs is 1. The van der Waals surface area contributed by atoms with E-state index in [1.165, 1.54) is 12.3 Å². The molecule has 3 rings (SSSR count). The lowest BCUT2D eigenvalue weighted by Crippen LogP contribution is -2.21. The largest absolute Gasteiger partial charge is 0.420 e. The summed E-state index contributed by atoms with van der Waals surface area (Å²) < 4.78 is 31.7. The summed E-state index contributed by atoms with van der Waals surface area (Å²) in [6.07, 6.45) is 1.40. The standard InChI is InChI=1S/C17H12F2N2O4/c1-8-15-11(9(7-22)6-20-8)5-12(17(24)25-15)16(23)21-14-3-2-10(18)4-13(14)19/h2-6,22H,7H2,1H3,(H,21,23). The van der Waals surface area contributed by atoms with E-state index in [2.05, 4.69) is 10.3 Å². The van der Waals surface area contributed by atoms with Crippen molar-refractivity contribution in [2.24, 2.45) is 0 Å². The Morgan fingerprint density at radius 3 is 2.76 bits per heavy atom. The number of rotatable bonds is 3. The molecule has 6 nitrogen and oxygen atoms in total. The molecule has 0 aliphatic rings. The Bertz CT molecular complexity index is 1050. The average molecular weight is 346 g/mol. The molecular weight excluding hydrogens is 334 g/mol. The van der Waals surface area contributed by atoms with Gasteiger partial charge >= 0.3 is 5.63 Å². The van der Waals surface area contributed by atoms with Gasteiger partial charge in [-0.25, -0.2) is 13.6 Å². The molecule has 0 fully saturated rings. The second-order valence-corrected chi connectivity index (χ2v) is 5.30. The number of amides is 1. The molecule has 1 amide bonds. The number of hydrogen-bond acceptors (Lipinski definition) is 5. The first-order chi connectivity index (χ1) is 11.9. The van der Waals surface area contributed by atoms with Crippen LogP contribution in [0.4, 0.5) is 14.5 Å². The monoisotopic (exact) mass is 346 g/mol. The number of aliphatic hydroxyl groups excluding tert-OH is 1. The van der Waals surface area contributed by atoms with E-state index in [-0.39, 0.29) is 23.4 Å². The Morgan fingerprint density at radius 1 is 1.32 bits per heavy atom. The molecule has 0 radical (unpaired) electrons. The van der Waals surface area contributed by atoms with Crippen molar-refractivity contribution in [3.8, 4) is 0 Å². The van der Waals surface area contributed by atoms with Gasteiger partial charge in [-0.05, 0) is 25.1 Å². The Balaban J connectivity index is 2.07. The Hall–Kier alpha value is -3.13. The van der Waals surface area contributed by atoms with E-state index in [0.29, 0.717) is 22.7 Å². The molecule has 0 aliphatic carbocycles. The lowest BCUT2D eigenvalue weighted by molar-refractivity contribution is 0.102. The van der Waals surface area contributed by atoms with Crippen molar-refractivity contribution in [1.29, 1.82) is 0 Å². The molecule has 2 N–H and O–H groups in total. The van der Waals surface area contributed by atoms with Crippen LogP contribution in [0, 0.1) is 18.6 Å². The maximum atomic E-state index is 13.7. The summed E-state index contributed by atoms with van der Waals surface area (Å²) in [4.78, 5) is 28.4. The van der Waals surface area contributed by atoms with Crippen molar-refractivity contribution in [1.82, 2.24) is 4.98 Å². The number of benzene rings is 1. The number of carbonyl (C=O) groups excluding carboxylic acids is 1. The molecule has 8 heteroatoms. The number of nitrogens with one attached hydrogen (secondary N) is 1. The minimum atomic E-state index is -0.977. The lowest BCUT2D eigenvalue weighted by atomic mass is 10.1. The third kappa shape index (κ3) is 3.11. The Kier molecular flexibility index (Phi) is 4.28. The molecule has 0 bridgehead atoms. The van der Waals surface area contributed by atoms with Crippen molar-refractivity contribution < 1.29 is 23.1 Å². The zero-order chi connectivity index (χ0) is 18.1. The highest BCUT2D eigenvalue weighted by atomic mass is 19.1. The van der Waals surface area contributed by atoms with Gasteiger partial charge in [0.2, 0.25) is 0 Å². The summed E-state index contributed by atoms with van der Waals surface area (Å²) in [6.45, 7) is 1.24. The fourth-order valence-corrected chi connectivity index (χ4v) is 2.35. The van der Waals surface area contributed by atoms with Gasteiger partial charge in [-0.3, -0.25) is 9.78 Å². The number of nitrogens with zero attached hydrogens (tertiary/aromatic N) is 1. The van der Waals surface area contributed by atoms with E-state index in [1.54, 1.807) is 6.92 Å². The number of hydrogen-bond donors (Lipinski definition) is 2. The highest BCUT2D eigenvalue weighted by Gasteiger charge is 2.18. The number of aromatic nitrogens is 1. The highest BCUT2D eigenvalue weighted by molar-refractivity contribution is 6.05. The van der Waals surface area contributed by atoms with Crippen LogP contribution in [0.5, 0.6) is 0 Å². The predicted molar refractivity (Wildman–Crippen MR) is 85.3 cm³/mol. The van der Waals surface area contributed by atoms with Crippen molar-refractivity contribution >= 4 is 22.6 Å². The van der Waals surface area contributed by atoms with Crippen LogP contribution in [0.3, 0.4) is 0 Å². The second-order valence-electron chi connectivity index (χ2n) is 5.30. The lowest BCUT2D eigenvalue weighted by Gasteiger charge is -2.08. The third-order valence-corrected chi connectivity index (χ3v) is 3.63. The summed E-state index contributed by atoms with van der Waals surface area (Å²) in [5, 5.41) is 11.9. The van der Waals surface area contributed by atoms with Crippen LogP contribution in [0.1, 0.15) is 21.6 Å². The molecule has 1 aromatic carbocycles. The maximum Gasteiger partial charge on any atom is 0.349 e. The van der Waals surface area contributed by atoms with Crippen LogP contribution >= 0.6 is 0 Å². The first-order valence-electron chi connectivity index (χ1n) is 7.20. The fraction of sp³-hybridized carbons (Fsp3) is 0.118. The van der Waals surface area contributed by atoms with Gasteiger partial charge in [0.05, 0.1) is 18.0 Å². The quantitative estimate of drug-likeness (QED) is 0.760. The SMILES string of the molecule is Cc1ncc(CO)c2cc(C(=O)Nc3ccc(F)cc3F)c(=O)oc12. The van der Waals surface area contributed by atoms with Crippen LogP contribution in [0.15, 0.2) is 39.7 Å². The van der Waals surface area contributed by atoms with Crippen LogP contribution in [0.2, 0.25) is 0 Å². The van der Waals surface area contributed by atoms with Crippen molar-refractivity contribution in [3.63, 3.8) is 0 Å². The van der Waals surface area contributed by atoms with Gasteiger partial charge < -0.3 is 14.8 Å². The Morgan fingerprint density at radius 2 is 2.08 bits per heavy atom. The molecule has 0 saturated heterocycles. The number of carbonyl (C=O) groups is 1. The minimum absolute atomic E-state index is 0.154. The summed E-state index contributed by atoms with van der Waals surface area (Å²) in [7, 11) is 0. The van der Waals surface area contributed by atoms with Crippen molar-refractivity contribution in [3.05, 3.63) is 69.3 Å². The summed E-state index contributed by atoms with van der Waals surface area (Å²) in [6, 6.07) is 3.87. The highest BCUT2D eigenvalue weighted by Crippen LogP contribution is 2.21. The first-order valence-corrected chi connectivity index (χ1v) is 7.20. The number of aryl methyl sites for hydroxylation is 1. The Labute approximate surface area is 139 Å². The van der Waals surface area contributed by atoms with Crippen LogP contribution in [0.25, 0.3) is 11.0 Å². The topological polar surface area (TPSA) is 92.4 Å². The van der Waals surface area contributed by atoms with E-state index >= 15 is 0 Å². The zero-order valence-electron chi connectivity index (χ0n) is 13.0. The van der Waals surface area contributed by atoms with Gasteiger partial charge in [0.1, 0.15) is 17.2 Å².